The second kappa shape index (κ2) is 5.94. The van der Waals surface area contributed by atoms with Crippen molar-refractivity contribution >= 4 is 11.8 Å². The highest BCUT2D eigenvalue weighted by Crippen LogP contribution is 2.31. The molecule has 0 bridgehead atoms. The Morgan fingerprint density at radius 1 is 1.30 bits per heavy atom. The number of morpholine rings is 1. The average Bonchev–Trinajstić information content (AvgIpc) is 2.51. The number of nitrogens with zero attached hydrogens (tertiary/aromatic N) is 2. The van der Waals surface area contributed by atoms with E-state index in [-0.39, 0.29) is 23.5 Å². The molecular weight excluding hydrogens is 294 g/mol. The van der Waals surface area contributed by atoms with E-state index in [1.165, 1.54) is 0 Å². The van der Waals surface area contributed by atoms with E-state index < -0.39 is 0 Å². The summed E-state index contributed by atoms with van der Waals surface area (Å²) in [4.78, 5) is 28.1. The molecule has 0 unspecified atom stereocenters. The van der Waals surface area contributed by atoms with Gasteiger partial charge >= 0.3 is 0 Å². The van der Waals surface area contributed by atoms with Crippen LogP contribution in [0.15, 0.2) is 24.3 Å². The Hall–Kier alpha value is -1.92. The van der Waals surface area contributed by atoms with E-state index in [2.05, 4.69) is 5.32 Å². The third kappa shape index (κ3) is 2.96. The summed E-state index contributed by atoms with van der Waals surface area (Å²) in [5, 5.41) is 2.66. The molecule has 0 saturated carbocycles. The number of likely N-dealkylation sites (N-methyl/N-ethyl adjacent to an activating group) is 2. The fourth-order valence-electron chi connectivity index (χ4n) is 3.38. The number of likely N-dealkylation sites (tertiary alicyclic amines) is 1. The molecule has 2 fully saturated rings. The lowest BCUT2D eigenvalue weighted by atomic mass is 9.90. The molecule has 2 saturated heterocycles. The first-order chi connectivity index (χ1) is 10.9. The van der Waals surface area contributed by atoms with Gasteiger partial charge in [-0.1, -0.05) is 17.7 Å². The van der Waals surface area contributed by atoms with Crippen LogP contribution in [0.1, 0.15) is 15.9 Å². The Labute approximate surface area is 136 Å². The zero-order valence-electron chi connectivity index (χ0n) is 13.8. The van der Waals surface area contributed by atoms with Gasteiger partial charge in [-0.15, -0.1) is 0 Å². The first-order valence-electron chi connectivity index (χ1n) is 7.86. The zero-order chi connectivity index (χ0) is 16.6. The molecule has 1 spiro atoms. The zero-order valence-corrected chi connectivity index (χ0v) is 13.8. The Morgan fingerprint density at radius 2 is 2.04 bits per heavy atom. The van der Waals surface area contributed by atoms with Crippen molar-refractivity contribution in [2.45, 2.75) is 18.6 Å². The number of carbonyl (C=O) groups is 2. The van der Waals surface area contributed by atoms with Crippen LogP contribution in [0.3, 0.4) is 0 Å². The van der Waals surface area contributed by atoms with Crippen molar-refractivity contribution in [2.75, 3.05) is 40.3 Å². The molecule has 6 nitrogen and oxygen atoms in total. The lowest BCUT2D eigenvalue weighted by molar-refractivity contribution is -0.187. The standard InChI is InChI=1S/C17H23N3O3/c1-12-5-4-6-13(7-12)16(22)20-10-17(11-20)9-19(3)14(8-23-17)15(21)18-2/h4-7,14H,8-11H2,1-3H3,(H,18,21)/t14-/m0/s1. The van der Waals surface area contributed by atoms with Gasteiger partial charge in [0.2, 0.25) is 5.91 Å². The summed E-state index contributed by atoms with van der Waals surface area (Å²) in [5.41, 5.74) is 1.46. The summed E-state index contributed by atoms with van der Waals surface area (Å²) >= 11 is 0. The van der Waals surface area contributed by atoms with Gasteiger partial charge in [0.05, 0.1) is 19.7 Å². The highest BCUT2D eigenvalue weighted by Gasteiger charge is 2.51. The molecule has 23 heavy (non-hydrogen) atoms. The molecule has 3 rings (SSSR count). The molecule has 1 aromatic rings. The third-order valence-electron chi connectivity index (χ3n) is 4.68. The van der Waals surface area contributed by atoms with Gasteiger partial charge in [0.1, 0.15) is 11.6 Å². The lowest BCUT2D eigenvalue weighted by Crippen LogP contribution is -2.73. The summed E-state index contributed by atoms with van der Waals surface area (Å²) in [5.74, 6) is 0.00775. The number of hydrogen-bond acceptors (Lipinski definition) is 4. The molecule has 1 N–H and O–H groups in total. The Balaban J connectivity index is 1.61. The number of ether oxygens (including phenoxy) is 1. The third-order valence-corrected chi connectivity index (χ3v) is 4.68. The molecule has 1 atom stereocenters. The molecule has 0 aromatic heterocycles. The predicted octanol–water partition coefficient (Wildman–Crippen LogP) is 0.266. The fraction of sp³-hybridized carbons (Fsp3) is 0.529. The highest BCUT2D eigenvalue weighted by atomic mass is 16.5. The molecule has 2 amide bonds. The van der Waals surface area contributed by atoms with Gasteiger partial charge in [-0.2, -0.15) is 0 Å². The van der Waals surface area contributed by atoms with Crippen molar-refractivity contribution in [1.29, 1.82) is 0 Å². The van der Waals surface area contributed by atoms with Crippen LogP contribution in [0.4, 0.5) is 0 Å². The number of rotatable bonds is 2. The molecule has 0 aliphatic carbocycles. The average molecular weight is 317 g/mol. The van der Waals surface area contributed by atoms with Gasteiger partial charge in [-0.3, -0.25) is 14.5 Å². The van der Waals surface area contributed by atoms with Crippen molar-refractivity contribution in [1.82, 2.24) is 15.1 Å². The fourth-order valence-corrected chi connectivity index (χ4v) is 3.38. The minimum Gasteiger partial charge on any atom is -0.368 e. The van der Waals surface area contributed by atoms with E-state index in [4.69, 9.17) is 4.74 Å². The van der Waals surface area contributed by atoms with E-state index in [9.17, 15) is 9.59 Å². The van der Waals surface area contributed by atoms with Gasteiger partial charge in [-0.25, -0.2) is 0 Å². The van der Waals surface area contributed by atoms with Crippen LogP contribution in [-0.4, -0.2) is 73.6 Å². The van der Waals surface area contributed by atoms with Gasteiger partial charge in [-0.05, 0) is 26.1 Å². The maximum Gasteiger partial charge on any atom is 0.254 e. The van der Waals surface area contributed by atoms with Crippen LogP contribution >= 0.6 is 0 Å². The number of aryl methyl sites for hydroxylation is 1. The van der Waals surface area contributed by atoms with E-state index in [0.29, 0.717) is 31.8 Å². The largest absolute Gasteiger partial charge is 0.368 e. The van der Waals surface area contributed by atoms with Crippen molar-refractivity contribution in [3.8, 4) is 0 Å². The highest BCUT2D eigenvalue weighted by molar-refractivity contribution is 5.95. The summed E-state index contributed by atoms with van der Waals surface area (Å²) in [6.45, 7) is 4.15. The second-order valence-corrected chi connectivity index (χ2v) is 6.57. The van der Waals surface area contributed by atoms with Gasteiger partial charge < -0.3 is 15.0 Å². The summed E-state index contributed by atoms with van der Waals surface area (Å²) in [6.07, 6.45) is 0. The van der Waals surface area contributed by atoms with Crippen molar-refractivity contribution in [2.24, 2.45) is 0 Å². The molecule has 2 aliphatic heterocycles. The maximum absolute atomic E-state index is 12.5. The molecule has 6 heteroatoms. The molecule has 0 radical (unpaired) electrons. The van der Waals surface area contributed by atoms with Crippen LogP contribution in [0, 0.1) is 6.92 Å². The summed E-state index contributed by atoms with van der Waals surface area (Å²) in [7, 11) is 3.56. The van der Waals surface area contributed by atoms with E-state index in [0.717, 1.165) is 5.56 Å². The summed E-state index contributed by atoms with van der Waals surface area (Å²) in [6, 6.07) is 7.37. The van der Waals surface area contributed by atoms with Gasteiger partial charge in [0, 0.05) is 19.2 Å². The van der Waals surface area contributed by atoms with Crippen LogP contribution < -0.4 is 5.32 Å². The monoisotopic (exact) mass is 317 g/mol. The van der Waals surface area contributed by atoms with Crippen LogP contribution in [0.25, 0.3) is 0 Å². The van der Waals surface area contributed by atoms with Crippen molar-refractivity contribution in [3.05, 3.63) is 35.4 Å². The maximum atomic E-state index is 12.5. The molecule has 2 heterocycles. The Bertz CT molecular complexity index is 625. The van der Waals surface area contributed by atoms with Crippen molar-refractivity contribution in [3.63, 3.8) is 0 Å². The number of hydrogen-bond donors (Lipinski definition) is 1. The van der Waals surface area contributed by atoms with Crippen LogP contribution in [-0.2, 0) is 9.53 Å². The topological polar surface area (TPSA) is 61.9 Å². The van der Waals surface area contributed by atoms with Crippen LogP contribution in [0.5, 0.6) is 0 Å². The minimum absolute atomic E-state index is 0.0330. The number of carbonyl (C=O) groups excluding carboxylic acids is 2. The molecule has 1 aromatic carbocycles. The smallest absolute Gasteiger partial charge is 0.254 e. The van der Waals surface area contributed by atoms with Crippen molar-refractivity contribution < 1.29 is 14.3 Å². The lowest BCUT2D eigenvalue weighted by Gasteiger charge is -2.54. The second-order valence-electron chi connectivity index (χ2n) is 6.57. The normalized spacial score (nSPS) is 23.4. The number of nitrogens with one attached hydrogen (secondary N) is 1. The first-order valence-corrected chi connectivity index (χ1v) is 7.86. The Morgan fingerprint density at radius 3 is 2.65 bits per heavy atom. The van der Waals surface area contributed by atoms with E-state index >= 15 is 0 Å². The Kier molecular flexibility index (Phi) is 4.12. The van der Waals surface area contributed by atoms with Gasteiger partial charge in [0.25, 0.3) is 5.91 Å². The number of amides is 2. The molecular formula is C17H23N3O3. The first kappa shape index (κ1) is 16.0. The molecule has 2 aliphatic rings. The molecule has 124 valence electrons. The van der Waals surface area contributed by atoms with Crippen LogP contribution in [0.2, 0.25) is 0 Å². The minimum atomic E-state index is -0.335. The quantitative estimate of drug-likeness (QED) is 0.850. The van der Waals surface area contributed by atoms with Gasteiger partial charge in [0.15, 0.2) is 0 Å². The SMILES string of the molecule is CNC(=O)[C@@H]1COC2(CN(C(=O)c3cccc(C)c3)C2)CN1C. The van der Waals surface area contributed by atoms with E-state index in [1.807, 2.05) is 48.0 Å². The summed E-state index contributed by atoms with van der Waals surface area (Å²) < 4.78 is 5.95. The predicted molar refractivity (Wildman–Crippen MR) is 86.3 cm³/mol. The number of benzene rings is 1. The van der Waals surface area contributed by atoms with E-state index in [1.54, 1.807) is 7.05 Å².